The summed E-state index contributed by atoms with van der Waals surface area (Å²) in [5.74, 6) is 0.843. The fourth-order valence-corrected chi connectivity index (χ4v) is 1.26. The number of rotatable bonds is 2. The predicted octanol–water partition coefficient (Wildman–Crippen LogP) is 0.797. The van der Waals surface area contributed by atoms with Gasteiger partial charge in [-0.2, -0.15) is 0 Å². The smallest absolute Gasteiger partial charge is 0.277 e. The number of aromatic nitrogens is 1. The SMILES string of the molecule is CNc1[nH+]cc(Br)cc1CO. The van der Waals surface area contributed by atoms with Gasteiger partial charge >= 0.3 is 0 Å². The summed E-state index contributed by atoms with van der Waals surface area (Å²) in [5, 5.41) is 11.8. The first-order valence-corrected chi connectivity index (χ1v) is 4.06. The minimum atomic E-state index is 0.0338. The molecule has 3 nitrogen and oxygen atoms in total. The summed E-state index contributed by atoms with van der Waals surface area (Å²) in [6.07, 6.45) is 1.81. The molecule has 11 heavy (non-hydrogen) atoms. The molecule has 0 saturated carbocycles. The van der Waals surface area contributed by atoms with Crippen LogP contribution in [0.3, 0.4) is 0 Å². The highest BCUT2D eigenvalue weighted by Crippen LogP contribution is 2.13. The normalized spacial score (nSPS) is 9.73. The Kier molecular flexibility index (Phi) is 2.84. The zero-order valence-corrected chi connectivity index (χ0v) is 7.77. The molecule has 1 aromatic heterocycles. The van der Waals surface area contributed by atoms with Crippen molar-refractivity contribution in [3.63, 3.8) is 0 Å². The quantitative estimate of drug-likeness (QED) is 0.771. The van der Waals surface area contributed by atoms with Crippen LogP contribution in [0.2, 0.25) is 0 Å². The van der Waals surface area contributed by atoms with Crippen molar-refractivity contribution in [1.82, 2.24) is 0 Å². The van der Waals surface area contributed by atoms with Gasteiger partial charge in [0.2, 0.25) is 0 Å². The number of pyridine rings is 1. The first-order chi connectivity index (χ1) is 5.27. The fraction of sp³-hybridized carbons (Fsp3) is 0.286. The molecule has 0 saturated heterocycles. The lowest BCUT2D eigenvalue weighted by atomic mass is 10.3. The molecule has 0 fully saturated rings. The van der Waals surface area contributed by atoms with E-state index in [9.17, 15) is 0 Å². The van der Waals surface area contributed by atoms with E-state index in [-0.39, 0.29) is 6.61 Å². The number of aromatic amines is 1. The van der Waals surface area contributed by atoms with Gasteiger partial charge in [0.15, 0.2) is 0 Å². The molecule has 4 heteroatoms. The molecular formula is C7H10BrN2O+. The van der Waals surface area contributed by atoms with Crippen LogP contribution in [-0.4, -0.2) is 12.2 Å². The second-order valence-electron chi connectivity index (χ2n) is 2.13. The number of aliphatic hydroxyl groups excluding tert-OH is 1. The Morgan fingerprint density at radius 2 is 2.45 bits per heavy atom. The maximum absolute atomic E-state index is 8.89. The molecule has 0 aliphatic heterocycles. The van der Waals surface area contributed by atoms with Crippen LogP contribution in [0, 0.1) is 0 Å². The van der Waals surface area contributed by atoms with E-state index >= 15 is 0 Å². The summed E-state index contributed by atoms with van der Waals surface area (Å²) in [6, 6.07) is 1.86. The van der Waals surface area contributed by atoms with Gasteiger partial charge in [-0.25, -0.2) is 4.98 Å². The van der Waals surface area contributed by atoms with Crippen molar-refractivity contribution in [1.29, 1.82) is 0 Å². The number of aliphatic hydroxyl groups is 1. The zero-order valence-electron chi connectivity index (χ0n) is 6.19. The molecule has 0 radical (unpaired) electrons. The second kappa shape index (κ2) is 3.69. The average Bonchev–Trinajstić information content (AvgIpc) is 2.04. The van der Waals surface area contributed by atoms with Gasteiger partial charge in [0.05, 0.1) is 23.7 Å². The molecule has 0 amide bonds. The maximum atomic E-state index is 8.89. The monoisotopic (exact) mass is 217 g/mol. The molecule has 3 N–H and O–H groups in total. The van der Waals surface area contributed by atoms with Crippen molar-refractivity contribution in [2.75, 3.05) is 12.4 Å². The maximum Gasteiger partial charge on any atom is 0.277 e. The van der Waals surface area contributed by atoms with Crippen molar-refractivity contribution < 1.29 is 10.1 Å². The van der Waals surface area contributed by atoms with Crippen LogP contribution < -0.4 is 10.3 Å². The third-order valence-corrected chi connectivity index (χ3v) is 1.87. The molecule has 1 aromatic rings. The second-order valence-corrected chi connectivity index (χ2v) is 3.04. The largest absolute Gasteiger partial charge is 0.391 e. The minimum absolute atomic E-state index is 0.0338. The van der Waals surface area contributed by atoms with E-state index in [1.807, 2.05) is 12.3 Å². The number of halogens is 1. The van der Waals surface area contributed by atoms with Gasteiger partial charge in [-0.1, -0.05) is 0 Å². The Morgan fingerprint density at radius 1 is 1.73 bits per heavy atom. The zero-order chi connectivity index (χ0) is 8.27. The Bertz CT molecular complexity index is 252. The van der Waals surface area contributed by atoms with E-state index in [0.29, 0.717) is 0 Å². The number of nitrogens with one attached hydrogen (secondary N) is 2. The fourth-order valence-electron chi connectivity index (χ4n) is 0.872. The first-order valence-electron chi connectivity index (χ1n) is 3.26. The van der Waals surface area contributed by atoms with E-state index in [2.05, 4.69) is 26.2 Å². The van der Waals surface area contributed by atoms with Crippen LogP contribution in [0.4, 0.5) is 5.82 Å². The van der Waals surface area contributed by atoms with Gasteiger partial charge in [0, 0.05) is 0 Å². The molecule has 0 atom stereocenters. The van der Waals surface area contributed by atoms with Crippen LogP contribution >= 0.6 is 15.9 Å². The van der Waals surface area contributed by atoms with E-state index in [1.165, 1.54) is 0 Å². The van der Waals surface area contributed by atoms with Gasteiger partial charge in [-0.15, -0.1) is 0 Å². The van der Waals surface area contributed by atoms with Gasteiger partial charge < -0.3 is 5.11 Å². The number of H-pyrrole nitrogens is 1. The van der Waals surface area contributed by atoms with E-state index < -0.39 is 0 Å². The van der Waals surface area contributed by atoms with Gasteiger partial charge in [0.25, 0.3) is 5.82 Å². The van der Waals surface area contributed by atoms with Crippen LogP contribution in [0.25, 0.3) is 0 Å². The lowest BCUT2D eigenvalue weighted by molar-refractivity contribution is -0.362. The van der Waals surface area contributed by atoms with Gasteiger partial charge in [-0.05, 0) is 22.0 Å². The molecule has 0 spiro atoms. The third kappa shape index (κ3) is 1.91. The Morgan fingerprint density at radius 3 is 3.00 bits per heavy atom. The molecule has 1 rings (SSSR count). The predicted molar refractivity (Wildman–Crippen MR) is 46.2 cm³/mol. The number of hydrogen-bond donors (Lipinski definition) is 2. The molecule has 0 bridgehead atoms. The molecule has 0 aromatic carbocycles. The molecule has 1 heterocycles. The van der Waals surface area contributed by atoms with Crippen molar-refractivity contribution >= 4 is 21.7 Å². The standard InChI is InChI=1S/C7H9BrN2O/c1-9-7-5(4-11)2-6(8)3-10-7/h2-3,11H,4H2,1H3,(H,9,10)/p+1. The summed E-state index contributed by atoms with van der Waals surface area (Å²) in [7, 11) is 1.80. The Hall–Kier alpha value is -0.610. The molecule has 60 valence electrons. The average molecular weight is 218 g/mol. The van der Waals surface area contributed by atoms with Gasteiger partial charge in [0.1, 0.15) is 6.20 Å². The highest BCUT2D eigenvalue weighted by molar-refractivity contribution is 9.10. The first kappa shape index (κ1) is 8.49. The minimum Gasteiger partial charge on any atom is -0.391 e. The summed E-state index contributed by atoms with van der Waals surface area (Å²) in [5.41, 5.74) is 0.849. The molecule has 0 aliphatic rings. The van der Waals surface area contributed by atoms with Crippen molar-refractivity contribution in [2.24, 2.45) is 0 Å². The molecule has 0 aliphatic carbocycles. The Labute approximate surface area is 73.6 Å². The highest BCUT2D eigenvalue weighted by atomic mass is 79.9. The molecular weight excluding hydrogens is 208 g/mol. The van der Waals surface area contributed by atoms with Crippen LogP contribution in [0.5, 0.6) is 0 Å². The van der Waals surface area contributed by atoms with Crippen molar-refractivity contribution in [2.45, 2.75) is 6.61 Å². The lowest BCUT2D eigenvalue weighted by Gasteiger charge is -1.98. The van der Waals surface area contributed by atoms with Gasteiger partial charge in [-0.3, -0.25) is 5.32 Å². The summed E-state index contributed by atoms with van der Waals surface area (Å²) in [4.78, 5) is 2.99. The summed E-state index contributed by atoms with van der Waals surface area (Å²) >= 11 is 3.30. The molecule has 0 unspecified atom stereocenters. The number of anilines is 1. The van der Waals surface area contributed by atoms with E-state index in [4.69, 9.17) is 5.11 Å². The third-order valence-electron chi connectivity index (χ3n) is 1.41. The van der Waals surface area contributed by atoms with Crippen molar-refractivity contribution in [3.8, 4) is 0 Å². The van der Waals surface area contributed by atoms with Crippen molar-refractivity contribution in [3.05, 3.63) is 22.3 Å². The lowest BCUT2D eigenvalue weighted by Crippen LogP contribution is -2.12. The Balaban J connectivity index is 3.06. The van der Waals surface area contributed by atoms with Crippen LogP contribution in [0.15, 0.2) is 16.7 Å². The summed E-state index contributed by atoms with van der Waals surface area (Å²) in [6.45, 7) is 0.0338. The van der Waals surface area contributed by atoms with Crippen LogP contribution in [0.1, 0.15) is 5.56 Å². The summed E-state index contributed by atoms with van der Waals surface area (Å²) < 4.78 is 0.931. The highest BCUT2D eigenvalue weighted by Gasteiger charge is 2.06. The van der Waals surface area contributed by atoms with Crippen LogP contribution in [-0.2, 0) is 6.61 Å². The topological polar surface area (TPSA) is 46.4 Å². The number of hydrogen-bond acceptors (Lipinski definition) is 2. The van der Waals surface area contributed by atoms with E-state index in [1.54, 1.807) is 7.05 Å². The van der Waals surface area contributed by atoms with E-state index in [0.717, 1.165) is 15.9 Å².